The van der Waals surface area contributed by atoms with Gasteiger partial charge in [-0.05, 0) is 56.3 Å². The predicted molar refractivity (Wildman–Crippen MR) is 113 cm³/mol. The highest BCUT2D eigenvalue weighted by Crippen LogP contribution is 2.35. The van der Waals surface area contributed by atoms with Gasteiger partial charge in [0.15, 0.2) is 5.78 Å². The molecule has 0 spiro atoms. The maximum Gasteiger partial charge on any atom is 0.258 e. The molecule has 1 aliphatic rings. The number of carbonyl (C=O) groups is 2. The van der Waals surface area contributed by atoms with Gasteiger partial charge in [0.05, 0.1) is 29.9 Å². The van der Waals surface area contributed by atoms with E-state index in [0.717, 1.165) is 0 Å². The van der Waals surface area contributed by atoms with Crippen LogP contribution >= 0.6 is 0 Å². The summed E-state index contributed by atoms with van der Waals surface area (Å²) in [5.41, 5.74) is 1.21. The second kappa shape index (κ2) is 7.63. The molecule has 4 rings (SSSR count). The van der Waals surface area contributed by atoms with Crippen LogP contribution in [0.5, 0.6) is 11.5 Å². The molecule has 0 fully saturated rings. The zero-order valence-electron chi connectivity index (χ0n) is 16.8. The number of hydrogen-bond donors (Lipinski definition) is 1. The molecule has 3 aromatic rings. The van der Waals surface area contributed by atoms with E-state index >= 15 is 0 Å². The average Bonchev–Trinajstić information content (AvgIpc) is 2.72. The molecule has 6 nitrogen and oxygen atoms in total. The number of pyridine rings is 1. The molecule has 2 aromatic carbocycles. The first-order valence-electron chi connectivity index (χ1n) is 9.70. The van der Waals surface area contributed by atoms with Gasteiger partial charge in [0.1, 0.15) is 17.1 Å². The molecule has 1 aliphatic heterocycles. The number of ether oxygens (including phenoxy) is 1. The quantitative estimate of drug-likeness (QED) is 0.701. The van der Waals surface area contributed by atoms with Gasteiger partial charge in [-0.2, -0.15) is 0 Å². The van der Waals surface area contributed by atoms with Crippen LogP contribution in [-0.4, -0.2) is 27.4 Å². The summed E-state index contributed by atoms with van der Waals surface area (Å²) in [6.07, 6.45) is 1.90. The van der Waals surface area contributed by atoms with Crippen LogP contribution in [0.15, 0.2) is 66.9 Å². The minimum absolute atomic E-state index is 0.0131. The van der Waals surface area contributed by atoms with E-state index < -0.39 is 5.60 Å². The third-order valence-electron chi connectivity index (χ3n) is 4.96. The van der Waals surface area contributed by atoms with Crippen molar-refractivity contribution in [2.24, 2.45) is 0 Å². The summed E-state index contributed by atoms with van der Waals surface area (Å²) >= 11 is 0. The van der Waals surface area contributed by atoms with Crippen LogP contribution < -0.4 is 9.64 Å². The molecule has 0 atom stereocenters. The number of para-hydroxylation sites is 2. The van der Waals surface area contributed by atoms with Crippen molar-refractivity contribution in [3.05, 3.63) is 83.7 Å². The van der Waals surface area contributed by atoms with Crippen LogP contribution in [-0.2, 0) is 6.54 Å². The Morgan fingerprint density at radius 2 is 1.90 bits per heavy atom. The highest BCUT2D eigenvalue weighted by Gasteiger charge is 2.33. The maximum atomic E-state index is 13.5. The van der Waals surface area contributed by atoms with E-state index in [-0.39, 0.29) is 30.4 Å². The van der Waals surface area contributed by atoms with Crippen molar-refractivity contribution < 1.29 is 19.4 Å². The second-order valence-electron chi connectivity index (χ2n) is 7.87. The molecular weight excluding hydrogens is 380 g/mol. The number of fused-ring (bicyclic) bond motifs is 1. The van der Waals surface area contributed by atoms with Crippen molar-refractivity contribution >= 4 is 17.4 Å². The summed E-state index contributed by atoms with van der Waals surface area (Å²) in [5, 5.41) is 10.4. The number of phenolic OH excluding ortho intramolecular Hbond substituents is 1. The van der Waals surface area contributed by atoms with Crippen molar-refractivity contribution in [2.75, 3.05) is 4.90 Å². The number of rotatable bonds is 4. The molecule has 0 bridgehead atoms. The first kappa shape index (κ1) is 19.6. The molecule has 152 valence electrons. The summed E-state index contributed by atoms with van der Waals surface area (Å²) < 4.78 is 5.89. The summed E-state index contributed by atoms with van der Waals surface area (Å²) in [7, 11) is 0. The van der Waals surface area contributed by atoms with Crippen LogP contribution in [0.25, 0.3) is 0 Å². The van der Waals surface area contributed by atoms with E-state index in [4.69, 9.17) is 4.74 Å². The Balaban J connectivity index is 1.73. The monoisotopic (exact) mass is 402 g/mol. The lowest BCUT2D eigenvalue weighted by Gasteiger charge is -2.32. The van der Waals surface area contributed by atoms with Gasteiger partial charge in [-0.15, -0.1) is 0 Å². The number of nitrogens with zero attached hydrogens (tertiary/aromatic N) is 2. The molecule has 0 aliphatic carbocycles. The fourth-order valence-corrected chi connectivity index (χ4v) is 3.55. The topological polar surface area (TPSA) is 79.7 Å². The Morgan fingerprint density at radius 3 is 2.63 bits per heavy atom. The molecule has 6 heteroatoms. The fourth-order valence-electron chi connectivity index (χ4n) is 3.55. The molecule has 2 heterocycles. The van der Waals surface area contributed by atoms with Crippen LogP contribution in [0.3, 0.4) is 0 Å². The van der Waals surface area contributed by atoms with Gasteiger partial charge in [0.25, 0.3) is 5.91 Å². The number of amides is 1. The highest BCUT2D eigenvalue weighted by molar-refractivity contribution is 6.09. The number of Topliss-reactive ketones (excluding diaryl/α,β-unsaturated/α-hetero) is 1. The number of anilines is 1. The average molecular weight is 402 g/mol. The van der Waals surface area contributed by atoms with Crippen LogP contribution in [0.2, 0.25) is 0 Å². The Bertz CT molecular complexity index is 1110. The number of aromatic nitrogens is 1. The van der Waals surface area contributed by atoms with Crippen LogP contribution in [0, 0.1) is 0 Å². The van der Waals surface area contributed by atoms with Crippen molar-refractivity contribution in [1.29, 1.82) is 0 Å². The summed E-state index contributed by atoms with van der Waals surface area (Å²) in [6.45, 7) is 3.89. The first-order chi connectivity index (χ1) is 14.3. The number of ketones is 1. The van der Waals surface area contributed by atoms with Gasteiger partial charge in [-0.1, -0.05) is 18.2 Å². The Kier molecular flexibility index (Phi) is 4.99. The summed E-state index contributed by atoms with van der Waals surface area (Å²) in [5.74, 6) is 0.0601. The molecule has 0 radical (unpaired) electrons. The van der Waals surface area contributed by atoms with E-state index in [0.29, 0.717) is 28.3 Å². The van der Waals surface area contributed by atoms with Gasteiger partial charge in [0, 0.05) is 11.8 Å². The van der Waals surface area contributed by atoms with Crippen molar-refractivity contribution in [3.63, 3.8) is 0 Å². The molecular formula is C24H22N2O4. The van der Waals surface area contributed by atoms with E-state index in [1.54, 1.807) is 48.7 Å². The molecule has 0 unspecified atom stereocenters. The minimum atomic E-state index is -0.573. The SMILES string of the molecule is CC1(C)CC(=O)c2cc(C(=O)N(Cc3ccccn3)c3ccccc3O)ccc2O1. The van der Waals surface area contributed by atoms with Gasteiger partial charge >= 0.3 is 0 Å². The molecule has 30 heavy (non-hydrogen) atoms. The van der Waals surface area contributed by atoms with E-state index in [9.17, 15) is 14.7 Å². The summed E-state index contributed by atoms with van der Waals surface area (Å²) in [6, 6.07) is 17.0. The highest BCUT2D eigenvalue weighted by atomic mass is 16.5. The van der Waals surface area contributed by atoms with Gasteiger partial charge in [-0.3, -0.25) is 19.5 Å². The third-order valence-corrected chi connectivity index (χ3v) is 4.96. The zero-order valence-corrected chi connectivity index (χ0v) is 16.8. The molecule has 1 amide bonds. The van der Waals surface area contributed by atoms with Crippen LogP contribution in [0.1, 0.15) is 46.7 Å². The standard InChI is InChI=1S/C24H22N2O4/c1-24(2)14-21(28)18-13-16(10-11-22(18)30-24)23(29)26(15-17-7-5-6-12-25-17)19-8-3-4-9-20(19)27/h3-13,27H,14-15H2,1-2H3. The fraction of sp³-hybridized carbons (Fsp3) is 0.208. The van der Waals surface area contributed by atoms with E-state index in [1.807, 2.05) is 26.0 Å². The molecule has 0 saturated carbocycles. The third kappa shape index (κ3) is 3.89. The molecule has 0 saturated heterocycles. The van der Waals surface area contributed by atoms with Crippen molar-refractivity contribution in [2.45, 2.75) is 32.4 Å². The maximum absolute atomic E-state index is 13.5. The lowest BCUT2D eigenvalue weighted by atomic mass is 9.92. The smallest absolute Gasteiger partial charge is 0.258 e. The largest absolute Gasteiger partial charge is 0.506 e. The Labute approximate surface area is 174 Å². The lowest BCUT2D eigenvalue weighted by Crippen LogP contribution is -2.36. The number of carbonyl (C=O) groups excluding carboxylic acids is 2. The van der Waals surface area contributed by atoms with E-state index in [2.05, 4.69) is 4.98 Å². The minimum Gasteiger partial charge on any atom is -0.506 e. The van der Waals surface area contributed by atoms with Gasteiger partial charge < -0.3 is 9.84 Å². The number of phenols is 1. The number of hydrogen-bond acceptors (Lipinski definition) is 5. The molecule has 1 N–H and O–H groups in total. The van der Waals surface area contributed by atoms with Gasteiger partial charge in [0.2, 0.25) is 0 Å². The van der Waals surface area contributed by atoms with Crippen LogP contribution in [0.4, 0.5) is 5.69 Å². The zero-order chi connectivity index (χ0) is 21.3. The Hall–Kier alpha value is -3.67. The first-order valence-corrected chi connectivity index (χ1v) is 9.70. The van der Waals surface area contributed by atoms with Crippen molar-refractivity contribution in [3.8, 4) is 11.5 Å². The second-order valence-corrected chi connectivity index (χ2v) is 7.87. The number of aromatic hydroxyl groups is 1. The Morgan fingerprint density at radius 1 is 1.13 bits per heavy atom. The molecule has 1 aromatic heterocycles. The van der Waals surface area contributed by atoms with E-state index in [1.165, 1.54) is 11.0 Å². The number of benzene rings is 2. The van der Waals surface area contributed by atoms with Gasteiger partial charge in [-0.25, -0.2) is 0 Å². The van der Waals surface area contributed by atoms with Crippen molar-refractivity contribution in [1.82, 2.24) is 4.98 Å². The predicted octanol–water partition coefficient (Wildman–Crippen LogP) is 4.38. The normalized spacial score (nSPS) is 14.5. The lowest BCUT2D eigenvalue weighted by molar-refractivity contribution is 0.0620. The summed E-state index contributed by atoms with van der Waals surface area (Å²) in [4.78, 5) is 31.8.